The molecule has 5 atom stereocenters. The molecule has 1 saturated carbocycles. The number of pyridine rings is 1. The van der Waals surface area contributed by atoms with Crippen molar-refractivity contribution in [1.82, 2.24) is 29.6 Å². The van der Waals surface area contributed by atoms with Crippen LogP contribution >= 0.6 is 0 Å². The maximum atomic E-state index is 15.1. The Morgan fingerprint density at radius 1 is 0.961 bits per heavy atom. The summed E-state index contributed by atoms with van der Waals surface area (Å²) in [6, 6.07) is 6.14. The third kappa shape index (κ3) is 13.7. The number of piperazine rings is 1. The Bertz CT molecular complexity index is 2590. The minimum absolute atomic E-state index is 0.126. The average molecular weight is 1100 g/mol. The average Bonchev–Trinajstić information content (AvgIpc) is 4.16. The molecule has 4 saturated heterocycles. The summed E-state index contributed by atoms with van der Waals surface area (Å²) in [6.45, 7) is 20.7. The number of nitrogens with one attached hydrogen (secondary N) is 1. The SMILES string of the molecule is CO[C@@H]1CN(C(=O)OC(C)(C)C)C2(C1)CN([C@@H]([C@H](NC(=O)OCC[Si](C)(C)C)C(=O)O)[C@H]1CN(c3ccc4c(c3)c(CC(C)(C)CO)c(-c3cc(N5CCN(C6CC6)CC5)cnc3[C@H](C)OC)n4CC(F)(F)F)CCO1)C2. The number of carboxylic acid groups (broad SMARTS) is 1. The van der Waals surface area contributed by atoms with Crippen LogP contribution in [0.4, 0.5) is 34.1 Å². The molecule has 428 valence electrons. The third-order valence-electron chi connectivity index (χ3n) is 15.9. The molecule has 2 amide bonds. The highest BCUT2D eigenvalue weighted by Gasteiger charge is 2.60. The van der Waals surface area contributed by atoms with Crippen LogP contribution in [0.2, 0.25) is 25.7 Å². The Morgan fingerprint density at radius 2 is 1.66 bits per heavy atom. The monoisotopic (exact) mass is 1100 g/mol. The quantitative estimate of drug-likeness (QED) is 0.0996. The molecule has 3 N–H and O–H groups in total. The summed E-state index contributed by atoms with van der Waals surface area (Å²) in [6.07, 6.45) is -2.84. The zero-order valence-corrected chi connectivity index (χ0v) is 48.0. The Hall–Kier alpha value is -4.71. The number of hydrogen-bond acceptors (Lipinski definition) is 14. The predicted molar refractivity (Wildman–Crippen MR) is 290 cm³/mol. The number of carboxylic acids is 1. The molecule has 6 heterocycles. The van der Waals surface area contributed by atoms with E-state index in [4.69, 9.17) is 28.7 Å². The smallest absolute Gasteiger partial charge is 0.410 e. The van der Waals surface area contributed by atoms with Crippen LogP contribution < -0.4 is 15.1 Å². The number of rotatable bonds is 19. The standard InChI is InChI=1S/C55H83F3N8O10Si/c1-35(72-7)45-41(25-38(28-59-45)62-18-16-61(17-19-62)36-12-13-36)47-42(27-53(5,6)34-67)40-24-37(14-15-43(40)65(47)33-55(56,57)58)63-20-21-74-44(30-63)48(46(49(68)69)60-50(70)75-22-23-77(9,10)11)64-31-54(32-64)26-39(73-8)29-66(54)51(71)76-52(2,3)4/h14-15,24-25,28,35-36,39,44,46,48,67H,12-13,16-23,26-27,29-34H2,1-11H3,(H,60,70)(H,68,69)/t35-,39-,44+,46-,48+/m0/s1. The number of methoxy groups -OCH3 is 2. The number of aromatic nitrogens is 2. The van der Waals surface area contributed by atoms with Crippen molar-refractivity contribution in [3.05, 3.63) is 41.7 Å². The molecular weight excluding hydrogens is 1020 g/mol. The van der Waals surface area contributed by atoms with Crippen LogP contribution in [0.1, 0.15) is 78.2 Å². The molecule has 1 aromatic carbocycles. The molecular formula is C55H83F3N8O10Si. The molecule has 4 aliphatic heterocycles. The first-order valence-corrected chi connectivity index (χ1v) is 31.0. The van der Waals surface area contributed by atoms with Crippen LogP contribution in [0.15, 0.2) is 30.5 Å². The summed E-state index contributed by atoms with van der Waals surface area (Å²) < 4.78 is 76.2. The molecule has 5 aliphatic rings. The normalized spacial score (nSPS) is 22.0. The van der Waals surface area contributed by atoms with Crippen molar-refractivity contribution in [3.63, 3.8) is 0 Å². The molecule has 0 radical (unpaired) electrons. The second kappa shape index (κ2) is 22.8. The first-order valence-electron chi connectivity index (χ1n) is 27.3. The van der Waals surface area contributed by atoms with Crippen LogP contribution in [-0.2, 0) is 41.4 Å². The lowest BCUT2D eigenvalue weighted by molar-refractivity contribution is -0.150. The molecule has 77 heavy (non-hydrogen) atoms. The van der Waals surface area contributed by atoms with Gasteiger partial charge in [-0.1, -0.05) is 33.5 Å². The Kier molecular flexibility index (Phi) is 17.3. The van der Waals surface area contributed by atoms with Gasteiger partial charge >= 0.3 is 24.3 Å². The summed E-state index contributed by atoms with van der Waals surface area (Å²) in [7, 11) is 1.52. The first kappa shape index (κ1) is 58.4. The maximum Gasteiger partial charge on any atom is 0.410 e. The molecule has 1 spiro atoms. The summed E-state index contributed by atoms with van der Waals surface area (Å²) >= 11 is 0. The van der Waals surface area contributed by atoms with Crippen LogP contribution in [0.3, 0.4) is 0 Å². The van der Waals surface area contributed by atoms with E-state index in [1.807, 2.05) is 42.7 Å². The molecule has 3 aromatic rings. The Balaban J connectivity index is 1.19. The van der Waals surface area contributed by atoms with Gasteiger partial charge < -0.3 is 53.6 Å². The van der Waals surface area contributed by atoms with E-state index in [-0.39, 0.29) is 58.5 Å². The summed E-state index contributed by atoms with van der Waals surface area (Å²) in [5, 5.41) is 25.0. The number of alkyl halides is 3. The van der Waals surface area contributed by atoms with E-state index in [0.29, 0.717) is 64.2 Å². The number of aliphatic carboxylic acids is 1. The fourth-order valence-corrected chi connectivity index (χ4v) is 12.4. The summed E-state index contributed by atoms with van der Waals surface area (Å²) in [5.41, 5.74) is 1.49. The minimum Gasteiger partial charge on any atom is -0.480 e. The van der Waals surface area contributed by atoms with E-state index in [2.05, 4.69) is 34.8 Å². The van der Waals surface area contributed by atoms with Crippen molar-refractivity contribution >= 4 is 48.5 Å². The lowest BCUT2D eigenvalue weighted by Gasteiger charge is -2.57. The second-order valence-corrected chi connectivity index (χ2v) is 30.6. The Labute approximate surface area is 452 Å². The van der Waals surface area contributed by atoms with Gasteiger partial charge in [-0.3, -0.25) is 19.7 Å². The van der Waals surface area contributed by atoms with Gasteiger partial charge in [0.2, 0.25) is 0 Å². The zero-order chi connectivity index (χ0) is 56.0. The number of nitrogens with zero attached hydrogens (tertiary/aromatic N) is 7. The van der Waals surface area contributed by atoms with E-state index < -0.39 is 79.8 Å². The maximum absolute atomic E-state index is 15.1. The highest BCUT2D eigenvalue weighted by Crippen LogP contribution is 2.46. The van der Waals surface area contributed by atoms with E-state index in [1.165, 1.54) is 17.4 Å². The molecule has 0 bridgehead atoms. The van der Waals surface area contributed by atoms with Crippen molar-refractivity contribution in [1.29, 1.82) is 0 Å². The third-order valence-corrected chi connectivity index (χ3v) is 17.7. The van der Waals surface area contributed by atoms with E-state index >= 15 is 13.2 Å². The highest BCUT2D eigenvalue weighted by molar-refractivity contribution is 6.76. The number of aliphatic hydroxyl groups excluding tert-OH is 1. The fourth-order valence-electron chi connectivity index (χ4n) is 11.7. The van der Waals surface area contributed by atoms with Crippen LogP contribution in [0.5, 0.6) is 0 Å². The number of anilines is 2. The van der Waals surface area contributed by atoms with Gasteiger partial charge in [-0.2, -0.15) is 13.2 Å². The van der Waals surface area contributed by atoms with Gasteiger partial charge in [0.05, 0.1) is 72.9 Å². The molecule has 1 aliphatic carbocycles. The molecule has 0 unspecified atom stereocenters. The van der Waals surface area contributed by atoms with Crippen molar-refractivity contribution in [2.24, 2.45) is 5.41 Å². The van der Waals surface area contributed by atoms with Crippen molar-refractivity contribution < 1.29 is 61.5 Å². The number of carbonyl (C=O) groups is 3. The van der Waals surface area contributed by atoms with Gasteiger partial charge in [0, 0.05) is 116 Å². The van der Waals surface area contributed by atoms with Crippen molar-refractivity contribution in [2.75, 3.05) is 103 Å². The van der Waals surface area contributed by atoms with Gasteiger partial charge in [-0.05, 0) is 88.2 Å². The molecule has 2 aromatic heterocycles. The lowest BCUT2D eigenvalue weighted by atomic mass is 9.82. The number of alkyl carbamates (subject to hydrolysis) is 1. The molecule has 8 rings (SSSR count). The van der Waals surface area contributed by atoms with E-state index in [0.717, 1.165) is 31.9 Å². The van der Waals surface area contributed by atoms with Gasteiger partial charge in [-0.15, -0.1) is 0 Å². The molecule has 22 heteroatoms. The van der Waals surface area contributed by atoms with Gasteiger partial charge in [0.25, 0.3) is 0 Å². The highest BCUT2D eigenvalue weighted by atomic mass is 28.3. The van der Waals surface area contributed by atoms with Gasteiger partial charge in [-0.25, -0.2) is 14.4 Å². The number of aliphatic hydroxyl groups is 1. The Morgan fingerprint density at radius 3 is 2.26 bits per heavy atom. The zero-order valence-electron chi connectivity index (χ0n) is 47.0. The molecule has 5 fully saturated rings. The molecule has 18 nitrogen and oxygen atoms in total. The van der Waals surface area contributed by atoms with Gasteiger partial charge in [0.1, 0.15) is 18.2 Å². The number of amides is 2. The lowest BCUT2D eigenvalue weighted by Crippen LogP contribution is -2.76. The van der Waals surface area contributed by atoms with E-state index in [1.54, 1.807) is 58.2 Å². The minimum atomic E-state index is -4.62. The largest absolute Gasteiger partial charge is 0.480 e. The van der Waals surface area contributed by atoms with Crippen molar-refractivity contribution in [3.8, 4) is 11.3 Å². The van der Waals surface area contributed by atoms with Gasteiger partial charge in [0.15, 0.2) is 0 Å². The number of benzene rings is 1. The van der Waals surface area contributed by atoms with Crippen LogP contribution in [0.25, 0.3) is 22.2 Å². The summed E-state index contributed by atoms with van der Waals surface area (Å²) in [4.78, 5) is 56.1. The predicted octanol–water partition coefficient (Wildman–Crippen LogP) is 7.62. The number of fused-ring (bicyclic) bond motifs is 1. The number of ether oxygens (including phenoxy) is 5. The number of carbonyl (C=O) groups excluding carboxylic acids is 2. The fraction of sp³-hybridized carbons (Fsp3) is 0.709. The number of morpholine rings is 1. The number of halogens is 3. The first-order chi connectivity index (χ1) is 36.1. The number of likely N-dealkylation sites (tertiary alicyclic amines) is 2. The van der Waals surface area contributed by atoms with E-state index in [9.17, 15) is 24.6 Å². The number of hydrogen-bond donors (Lipinski definition) is 3. The second-order valence-electron chi connectivity index (χ2n) is 25.0. The van der Waals surface area contributed by atoms with Crippen LogP contribution in [0, 0.1) is 5.41 Å². The topological polar surface area (TPSA) is 184 Å². The summed E-state index contributed by atoms with van der Waals surface area (Å²) in [5.74, 6) is -1.30. The van der Waals surface area contributed by atoms with Crippen molar-refractivity contribution in [2.45, 2.75) is 153 Å². The van der Waals surface area contributed by atoms with Crippen LogP contribution in [-0.4, -0.2) is 201 Å².